The monoisotopic (exact) mass is 256 g/mol. The molecule has 0 spiro atoms. The molecule has 3 N–H and O–H groups in total. The lowest BCUT2D eigenvalue weighted by atomic mass is 10.0. The smallest absolute Gasteiger partial charge is 0.326 e. The molecule has 0 aromatic carbocycles. The van der Waals surface area contributed by atoms with Gasteiger partial charge in [-0.05, 0) is 18.8 Å². The molecule has 0 aromatic rings. The number of amides is 2. The Kier molecular flexibility index (Phi) is 5.12. The topological polar surface area (TPSA) is 95.5 Å². The van der Waals surface area contributed by atoms with Crippen LogP contribution in [0.1, 0.15) is 39.5 Å². The maximum Gasteiger partial charge on any atom is 0.326 e. The first-order valence-corrected chi connectivity index (χ1v) is 6.24. The zero-order chi connectivity index (χ0) is 13.7. The average molecular weight is 256 g/mol. The first-order valence-electron chi connectivity index (χ1n) is 6.24. The van der Waals surface area contributed by atoms with Gasteiger partial charge in [-0.15, -0.1) is 0 Å². The Morgan fingerprint density at radius 2 is 2.06 bits per heavy atom. The average Bonchev–Trinajstić information content (AvgIpc) is 2.49. The van der Waals surface area contributed by atoms with E-state index in [4.69, 9.17) is 5.11 Å². The van der Waals surface area contributed by atoms with Gasteiger partial charge in [-0.1, -0.05) is 20.3 Å². The summed E-state index contributed by atoms with van der Waals surface area (Å²) in [7, 11) is 0. The molecule has 1 saturated heterocycles. The van der Waals surface area contributed by atoms with E-state index in [0.29, 0.717) is 12.8 Å². The van der Waals surface area contributed by atoms with Crippen LogP contribution < -0.4 is 10.6 Å². The molecule has 6 heteroatoms. The van der Waals surface area contributed by atoms with E-state index in [-0.39, 0.29) is 11.8 Å². The molecule has 0 aromatic heterocycles. The number of hydrogen-bond donors (Lipinski definition) is 3. The first kappa shape index (κ1) is 14.5. The fourth-order valence-corrected chi connectivity index (χ4v) is 1.94. The van der Waals surface area contributed by atoms with Gasteiger partial charge in [-0.2, -0.15) is 0 Å². The molecule has 0 radical (unpaired) electrons. The summed E-state index contributed by atoms with van der Waals surface area (Å²) in [5, 5.41) is 14.1. The molecule has 1 unspecified atom stereocenters. The standard InChI is InChI=1S/C12H20N2O4/c1-7(2)10(12(17)18)14-11(16)8-5-3-4-6-9(15)13-8/h7-8,10H,3-6H2,1-2H3,(H,13,15)(H,14,16)(H,17,18)/t8?,10-/m1/s1. The summed E-state index contributed by atoms with van der Waals surface area (Å²) in [6.45, 7) is 3.45. The lowest BCUT2D eigenvalue weighted by Gasteiger charge is -2.22. The van der Waals surface area contributed by atoms with Crippen LogP contribution in [0.15, 0.2) is 0 Å². The van der Waals surface area contributed by atoms with Crippen LogP contribution in [0.2, 0.25) is 0 Å². The molecule has 0 aliphatic carbocycles. The Balaban J connectivity index is 2.62. The Morgan fingerprint density at radius 1 is 1.39 bits per heavy atom. The zero-order valence-electron chi connectivity index (χ0n) is 10.7. The normalized spacial score (nSPS) is 21.9. The summed E-state index contributed by atoms with van der Waals surface area (Å²) in [6, 6.07) is -1.53. The van der Waals surface area contributed by atoms with Gasteiger partial charge in [0.05, 0.1) is 0 Å². The van der Waals surface area contributed by atoms with Crippen molar-refractivity contribution in [3.8, 4) is 0 Å². The van der Waals surface area contributed by atoms with E-state index in [0.717, 1.165) is 12.8 Å². The highest BCUT2D eigenvalue weighted by molar-refractivity contribution is 5.90. The van der Waals surface area contributed by atoms with Crippen molar-refractivity contribution in [2.75, 3.05) is 0 Å². The number of carboxylic acids is 1. The minimum atomic E-state index is -1.06. The quantitative estimate of drug-likeness (QED) is 0.672. The molecule has 1 heterocycles. The molecule has 1 aliphatic rings. The van der Waals surface area contributed by atoms with Crippen LogP contribution in [0.25, 0.3) is 0 Å². The maximum absolute atomic E-state index is 11.9. The molecule has 2 atom stereocenters. The number of nitrogens with one attached hydrogen (secondary N) is 2. The molecule has 1 fully saturated rings. The summed E-state index contributed by atoms with van der Waals surface area (Å²) in [6.07, 6.45) is 2.54. The Bertz CT molecular complexity index is 341. The number of aliphatic carboxylic acids is 1. The lowest BCUT2D eigenvalue weighted by Crippen LogP contribution is -2.52. The lowest BCUT2D eigenvalue weighted by molar-refractivity contribution is -0.143. The van der Waals surface area contributed by atoms with Gasteiger partial charge in [0.2, 0.25) is 11.8 Å². The van der Waals surface area contributed by atoms with E-state index in [1.54, 1.807) is 13.8 Å². The second-order valence-electron chi connectivity index (χ2n) is 4.93. The molecule has 1 rings (SSSR count). The predicted molar refractivity (Wildman–Crippen MR) is 64.8 cm³/mol. The number of carboxylic acid groups (broad SMARTS) is 1. The minimum Gasteiger partial charge on any atom is -0.480 e. The van der Waals surface area contributed by atoms with Crippen molar-refractivity contribution in [3.05, 3.63) is 0 Å². The fraction of sp³-hybridized carbons (Fsp3) is 0.750. The van der Waals surface area contributed by atoms with Gasteiger partial charge in [0, 0.05) is 6.42 Å². The van der Waals surface area contributed by atoms with Crippen LogP contribution >= 0.6 is 0 Å². The van der Waals surface area contributed by atoms with E-state index < -0.39 is 24.0 Å². The summed E-state index contributed by atoms with van der Waals surface area (Å²) < 4.78 is 0. The van der Waals surface area contributed by atoms with Crippen LogP contribution in [0, 0.1) is 5.92 Å². The largest absolute Gasteiger partial charge is 0.480 e. The van der Waals surface area contributed by atoms with Crippen LogP contribution in [0.5, 0.6) is 0 Å². The van der Waals surface area contributed by atoms with E-state index in [9.17, 15) is 14.4 Å². The molecule has 102 valence electrons. The van der Waals surface area contributed by atoms with Crippen LogP contribution in [-0.2, 0) is 14.4 Å². The van der Waals surface area contributed by atoms with Crippen molar-refractivity contribution < 1.29 is 19.5 Å². The van der Waals surface area contributed by atoms with Crippen molar-refractivity contribution in [1.29, 1.82) is 0 Å². The molecular formula is C12H20N2O4. The number of rotatable bonds is 4. The van der Waals surface area contributed by atoms with Gasteiger partial charge < -0.3 is 15.7 Å². The SMILES string of the molecule is CC(C)[C@@H](NC(=O)C1CCCCC(=O)N1)C(=O)O. The van der Waals surface area contributed by atoms with Crippen molar-refractivity contribution in [1.82, 2.24) is 10.6 Å². The van der Waals surface area contributed by atoms with Crippen LogP contribution in [0.3, 0.4) is 0 Å². The molecule has 2 amide bonds. The highest BCUT2D eigenvalue weighted by Crippen LogP contribution is 2.10. The van der Waals surface area contributed by atoms with Gasteiger partial charge in [0.15, 0.2) is 0 Å². The highest BCUT2D eigenvalue weighted by atomic mass is 16.4. The number of carbonyl (C=O) groups excluding carboxylic acids is 2. The fourth-order valence-electron chi connectivity index (χ4n) is 1.94. The second kappa shape index (κ2) is 6.37. The molecule has 6 nitrogen and oxygen atoms in total. The van der Waals surface area contributed by atoms with E-state index in [1.807, 2.05) is 0 Å². The van der Waals surface area contributed by atoms with E-state index in [2.05, 4.69) is 10.6 Å². The molecular weight excluding hydrogens is 236 g/mol. The summed E-state index contributed by atoms with van der Waals surface area (Å²) in [4.78, 5) is 34.3. The number of carbonyl (C=O) groups is 3. The van der Waals surface area contributed by atoms with E-state index in [1.165, 1.54) is 0 Å². The first-order chi connectivity index (χ1) is 8.41. The zero-order valence-corrected chi connectivity index (χ0v) is 10.7. The predicted octanol–water partition coefficient (Wildman–Crippen LogP) is 0.271. The summed E-state index contributed by atoms with van der Waals surface area (Å²) in [5.41, 5.74) is 0. The maximum atomic E-state index is 11.9. The van der Waals surface area contributed by atoms with Gasteiger partial charge >= 0.3 is 5.97 Å². The molecule has 1 aliphatic heterocycles. The molecule has 0 saturated carbocycles. The Hall–Kier alpha value is -1.59. The van der Waals surface area contributed by atoms with Gasteiger partial charge in [0.1, 0.15) is 12.1 Å². The Morgan fingerprint density at radius 3 is 2.61 bits per heavy atom. The third kappa shape index (κ3) is 4.01. The third-order valence-corrected chi connectivity index (χ3v) is 3.03. The van der Waals surface area contributed by atoms with Gasteiger partial charge in [-0.3, -0.25) is 9.59 Å². The van der Waals surface area contributed by atoms with Crippen molar-refractivity contribution in [2.24, 2.45) is 5.92 Å². The van der Waals surface area contributed by atoms with E-state index >= 15 is 0 Å². The number of hydrogen-bond acceptors (Lipinski definition) is 3. The molecule has 0 bridgehead atoms. The second-order valence-corrected chi connectivity index (χ2v) is 4.93. The van der Waals surface area contributed by atoms with Crippen molar-refractivity contribution in [2.45, 2.75) is 51.6 Å². The Labute approximate surface area is 106 Å². The highest BCUT2D eigenvalue weighted by Gasteiger charge is 2.29. The third-order valence-electron chi connectivity index (χ3n) is 3.03. The minimum absolute atomic E-state index is 0.149. The van der Waals surface area contributed by atoms with Crippen molar-refractivity contribution in [3.63, 3.8) is 0 Å². The van der Waals surface area contributed by atoms with Crippen molar-refractivity contribution >= 4 is 17.8 Å². The molecule has 18 heavy (non-hydrogen) atoms. The summed E-state index contributed by atoms with van der Waals surface area (Å²) >= 11 is 0. The van der Waals surface area contributed by atoms with Gasteiger partial charge in [-0.25, -0.2) is 4.79 Å². The summed E-state index contributed by atoms with van der Waals surface area (Å²) in [5.74, 6) is -1.82. The van der Waals surface area contributed by atoms with Crippen LogP contribution in [-0.4, -0.2) is 35.0 Å². The van der Waals surface area contributed by atoms with Gasteiger partial charge in [0.25, 0.3) is 0 Å². The van der Waals surface area contributed by atoms with Crippen LogP contribution in [0.4, 0.5) is 0 Å².